The Morgan fingerprint density at radius 1 is 0.662 bits per heavy atom. The third kappa shape index (κ3) is 9.64. The number of hydrogen-bond acceptors (Lipinski definition) is 10. The van der Waals surface area contributed by atoms with Crippen molar-refractivity contribution in [2.75, 3.05) is 7.11 Å². The standard InChI is InChI=1S/C22H14ClF7N6O3.C19H12ClF7N4O4/c1-34-16(20(24,21(25,26)27)22(28,29)30)7-15(36(38)39)18(34)35-9-12(8-32-35)11-2-3-14(23)13(6-11)17(37)33-19(10-31)4-5-19;1-29-14(17(21,18(22,23)24)19(25,26)27)6-13(31(33)34)15(29)30-8-10(7-28-30)9-3-4-12(20)11(5-9)16(32)35-2/h2-3,6-9H,4-5H2,1H3,(H,33,37);3-8H,1-2H3. The van der Waals surface area contributed by atoms with E-state index in [1.807, 2.05) is 6.07 Å². The van der Waals surface area contributed by atoms with Crippen LogP contribution in [0.2, 0.25) is 10.0 Å². The summed E-state index contributed by atoms with van der Waals surface area (Å²) in [4.78, 5) is 44.9. The van der Waals surface area contributed by atoms with Gasteiger partial charge in [-0.1, -0.05) is 35.3 Å². The number of esters is 1. The maximum atomic E-state index is 14.8. The molecule has 0 saturated heterocycles. The predicted molar refractivity (Wildman–Crippen MR) is 225 cm³/mol. The fourth-order valence-electron chi connectivity index (χ4n) is 7.23. The van der Waals surface area contributed by atoms with E-state index in [2.05, 4.69) is 20.3 Å². The molecular formula is C41H26Cl2F14N10O7. The molecule has 1 amide bonds. The molecule has 0 bridgehead atoms. The summed E-state index contributed by atoms with van der Waals surface area (Å²) in [5.74, 6) is -3.25. The highest BCUT2D eigenvalue weighted by atomic mass is 35.5. The zero-order valence-corrected chi connectivity index (χ0v) is 38.3. The molecule has 1 aliphatic carbocycles. The van der Waals surface area contributed by atoms with Crippen LogP contribution < -0.4 is 5.32 Å². The lowest BCUT2D eigenvalue weighted by Gasteiger charge is -2.30. The zero-order chi connectivity index (χ0) is 55.6. The monoisotopic (exact) mass is 1110 g/mol. The van der Waals surface area contributed by atoms with E-state index in [4.69, 9.17) is 23.2 Å². The van der Waals surface area contributed by atoms with Crippen LogP contribution in [-0.4, -0.2) is 87.8 Å². The molecule has 1 saturated carbocycles. The number of amides is 1. The van der Waals surface area contributed by atoms with Crippen molar-refractivity contribution >= 4 is 46.5 Å². The first kappa shape index (κ1) is 55.6. The minimum Gasteiger partial charge on any atom is -0.465 e. The summed E-state index contributed by atoms with van der Waals surface area (Å²) in [5, 5.41) is 42.3. The van der Waals surface area contributed by atoms with Crippen LogP contribution in [0.5, 0.6) is 0 Å². The van der Waals surface area contributed by atoms with E-state index in [1.54, 1.807) is 0 Å². The van der Waals surface area contributed by atoms with Crippen LogP contribution >= 0.6 is 23.2 Å². The van der Waals surface area contributed by atoms with Gasteiger partial charge in [0.15, 0.2) is 0 Å². The Kier molecular flexibility index (Phi) is 14.2. The Balaban J connectivity index is 0.000000242. The van der Waals surface area contributed by atoms with E-state index in [9.17, 15) is 96.5 Å². The van der Waals surface area contributed by atoms with Gasteiger partial charge >= 0.3 is 53.4 Å². The summed E-state index contributed by atoms with van der Waals surface area (Å²) in [6.07, 6.45) is -20.9. The summed E-state index contributed by atoms with van der Waals surface area (Å²) in [7, 11) is 2.29. The number of nitrogens with zero attached hydrogens (tertiary/aromatic N) is 9. The number of nitriles is 1. The van der Waals surface area contributed by atoms with E-state index in [1.165, 1.54) is 36.4 Å². The molecule has 74 heavy (non-hydrogen) atoms. The number of carbonyl (C=O) groups is 2. The lowest BCUT2D eigenvalue weighted by molar-refractivity contribution is -0.385. The number of carbonyl (C=O) groups excluding carboxylic acids is 2. The molecular weight excluding hydrogens is 1080 g/mol. The molecule has 394 valence electrons. The molecule has 4 aromatic heterocycles. The van der Waals surface area contributed by atoms with Crippen LogP contribution in [0, 0.1) is 31.6 Å². The van der Waals surface area contributed by atoms with Gasteiger partial charge in [-0.25, -0.2) is 22.9 Å². The van der Waals surface area contributed by atoms with E-state index < -0.39 is 97.7 Å². The van der Waals surface area contributed by atoms with Crippen LogP contribution in [0.25, 0.3) is 33.9 Å². The second-order valence-electron chi connectivity index (χ2n) is 15.8. The van der Waals surface area contributed by atoms with Gasteiger partial charge in [-0.05, 0) is 48.2 Å². The molecule has 17 nitrogen and oxygen atoms in total. The van der Waals surface area contributed by atoms with E-state index in [0.29, 0.717) is 36.3 Å². The third-order valence-electron chi connectivity index (χ3n) is 11.2. The quantitative estimate of drug-likeness (QED) is 0.0561. The molecule has 0 radical (unpaired) electrons. The van der Waals surface area contributed by atoms with Gasteiger partial charge in [-0.2, -0.15) is 68.1 Å². The first-order valence-corrected chi connectivity index (χ1v) is 20.6. The average molecular weight is 1110 g/mol. The van der Waals surface area contributed by atoms with Crippen LogP contribution in [-0.2, 0) is 30.2 Å². The number of halogens is 16. The SMILES string of the molecule is COC(=O)c1cc(-c2cnn(-c3c([N+](=O)[O-])cc(C(F)(C(F)(F)F)C(F)(F)F)n3C)c2)ccc1Cl.Cn1c(C(F)(C(F)(F)F)C(F)(F)F)cc([N+](=O)[O-])c1-n1cc(-c2ccc(Cl)c(C(=O)NC3(C#N)CC3)c2)cn1. The largest absolute Gasteiger partial charge is 0.465 e. The first-order valence-electron chi connectivity index (χ1n) is 19.9. The molecule has 4 heterocycles. The number of nitrogens with one attached hydrogen (secondary N) is 1. The summed E-state index contributed by atoms with van der Waals surface area (Å²) in [6, 6.07) is 9.68. The molecule has 6 aromatic rings. The number of methoxy groups -OCH3 is 1. The summed E-state index contributed by atoms with van der Waals surface area (Å²) in [6.45, 7) is 0. The van der Waals surface area contributed by atoms with E-state index >= 15 is 0 Å². The zero-order valence-electron chi connectivity index (χ0n) is 36.8. The Morgan fingerprint density at radius 2 is 1.03 bits per heavy atom. The van der Waals surface area contributed by atoms with Crippen LogP contribution in [0.3, 0.4) is 0 Å². The smallest absolute Gasteiger partial charge is 0.437 e. The van der Waals surface area contributed by atoms with Gasteiger partial charge in [0.05, 0.1) is 68.0 Å². The second-order valence-corrected chi connectivity index (χ2v) is 16.6. The van der Waals surface area contributed by atoms with Gasteiger partial charge in [0.1, 0.15) is 5.54 Å². The average Bonchev–Trinajstić information content (AvgIpc) is 3.70. The van der Waals surface area contributed by atoms with Gasteiger partial charge in [0.25, 0.3) is 5.91 Å². The summed E-state index contributed by atoms with van der Waals surface area (Å²) in [5.41, 5.74) is -18.9. The van der Waals surface area contributed by atoms with Crippen molar-refractivity contribution in [2.45, 2.75) is 54.4 Å². The molecule has 0 aliphatic heterocycles. The molecule has 1 N–H and O–H groups in total. The van der Waals surface area contributed by atoms with Crippen molar-refractivity contribution in [3.8, 4) is 40.0 Å². The molecule has 1 fully saturated rings. The lowest BCUT2D eigenvalue weighted by Crippen LogP contribution is -2.51. The fraction of sp³-hybridized carbons (Fsp3) is 0.293. The fourth-order valence-corrected chi connectivity index (χ4v) is 7.63. The summed E-state index contributed by atoms with van der Waals surface area (Å²) < 4.78 is 195. The van der Waals surface area contributed by atoms with Crippen molar-refractivity contribution in [1.29, 1.82) is 5.26 Å². The second kappa shape index (κ2) is 18.9. The van der Waals surface area contributed by atoms with Gasteiger partial charge < -0.3 is 19.2 Å². The van der Waals surface area contributed by atoms with Crippen molar-refractivity contribution in [3.63, 3.8) is 0 Å². The van der Waals surface area contributed by atoms with Crippen LogP contribution in [0.15, 0.2) is 73.3 Å². The molecule has 2 aromatic carbocycles. The first-order chi connectivity index (χ1) is 34.0. The third-order valence-corrected chi connectivity index (χ3v) is 11.8. The number of nitro groups is 2. The minimum absolute atomic E-state index is 0.0127. The number of ether oxygens (including phenoxy) is 1. The molecule has 7 rings (SSSR count). The topological polar surface area (TPSA) is 211 Å². The predicted octanol–water partition coefficient (Wildman–Crippen LogP) is 11.0. The molecule has 0 spiro atoms. The number of rotatable bonds is 11. The van der Waals surface area contributed by atoms with E-state index in [0.717, 1.165) is 31.9 Å². The van der Waals surface area contributed by atoms with Crippen LogP contribution in [0.4, 0.5) is 72.8 Å². The van der Waals surface area contributed by atoms with Crippen molar-refractivity contribution in [3.05, 3.63) is 126 Å². The van der Waals surface area contributed by atoms with Crippen molar-refractivity contribution < 1.29 is 85.6 Å². The number of hydrogen-bond donors (Lipinski definition) is 1. The molecule has 1 aliphatic rings. The Hall–Kier alpha value is -7.75. The Morgan fingerprint density at radius 3 is 1.35 bits per heavy atom. The number of alkyl halides is 14. The molecule has 0 atom stereocenters. The normalized spacial score (nSPS) is 13.9. The van der Waals surface area contributed by atoms with Crippen molar-refractivity contribution in [1.82, 2.24) is 34.0 Å². The maximum absolute atomic E-state index is 14.8. The maximum Gasteiger partial charge on any atom is 0.437 e. The number of aromatic nitrogens is 6. The number of benzene rings is 2. The minimum atomic E-state index is -6.50. The van der Waals surface area contributed by atoms with Gasteiger partial charge in [-0.15, -0.1) is 0 Å². The Bertz CT molecular complexity index is 3240. The van der Waals surface area contributed by atoms with Crippen molar-refractivity contribution in [2.24, 2.45) is 14.1 Å². The lowest BCUT2D eigenvalue weighted by atomic mass is 10.0. The van der Waals surface area contributed by atoms with Crippen LogP contribution in [0.1, 0.15) is 44.9 Å². The molecule has 33 heteroatoms. The summed E-state index contributed by atoms with van der Waals surface area (Å²) >= 11 is 12.0. The van der Waals surface area contributed by atoms with E-state index in [-0.39, 0.29) is 64.7 Å². The highest BCUT2D eigenvalue weighted by molar-refractivity contribution is 6.34. The van der Waals surface area contributed by atoms with Gasteiger partial charge in [-0.3, -0.25) is 25.0 Å². The van der Waals surface area contributed by atoms with Gasteiger partial charge in [0, 0.05) is 49.7 Å². The highest BCUT2D eigenvalue weighted by Crippen LogP contribution is 2.56. The molecule has 0 unspecified atom stereocenters. The Labute approximate surface area is 412 Å². The highest BCUT2D eigenvalue weighted by Gasteiger charge is 2.76. The van der Waals surface area contributed by atoms with Gasteiger partial charge in [0.2, 0.25) is 11.6 Å².